The zero-order valence-electron chi connectivity index (χ0n) is 34.0. The second-order valence-corrected chi connectivity index (χ2v) is 16.1. The van der Waals surface area contributed by atoms with Gasteiger partial charge in [0.2, 0.25) is 0 Å². The Kier molecular flexibility index (Phi) is 25.0. The highest BCUT2D eigenvalue weighted by Crippen LogP contribution is 2.32. The largest absolute Gasteiger partial charge is 0.464 e. The van der Waals surface area contributed by atoms with Crippen molar-refractivity contribution in [2.24, 2.45) is 23.7 Å². The SMILES string of the molecule is CCC1CCC(C(=O)OCC(COC)OC(=O)CCCN(CCCC(=O)OC(COC=O)COC(=O)C2CCC(CC)CC2)C(=O)SCCCN(C)C)CC1. The molecule has 0 heterocycles. The van der Waals surface area contributed by atoms with Crippen LogP contribution in [0.1, 0.15) is 110 Å². The minimum atomic E-state index is -0.948. The van der Waals surface area contributed by atoms with Crippen molar-refractivity contribution in [1.29, 1.82) is 0 Å². The lowest BCUT2D eigenvalue weighted by Crippen LogP contribution is -2.33. The van der Waals surface area contributed by atoms with Gasteiger partial charge in [0, 0.05) is 38.8 Å². The van der Waals surface area contributed by atoms with Gasteiger partial charge in [-0.15, -0.1) is 0 Å². The molecule has 2 unspecified atom stereocenters. The fourth-order valence-electron chi connectivity index (χ4n) is 7.01. The van der Waals surface area contributed by atoms with Crippen LogP contribution >= 0.6 is 11.8 Å². The summed E-state index contributed by atoms with van der Waals surface area (Å²) in [6.45, 7) is 5.44. The van der Waals surface area contributed by atoms with Crippen LogP contribution in [0.2, 0.25) is 0 Å². The topological polar surface area (TPSA) is 164 Å². The number of hydrogen-bond donors (Lipinski definition) is 0. The summed E-state index contributed by atoms with van der Waals surface area (Å²) in [6.07, 6.45) is 9.10. The molecule has 0 bridgehead atoms. The maximum atomic E-state index is 13.2. The average Bonchev–Trinajstić information content (AvgIpc) is 3.18. The van der Waals surface area contributed by atoms with Gasteiger partial charge in [-0.25, -0.2) is 0 Å². The van der Waals surface area contributed by atoms with Crippen molar-refractivity contribution in [3.8, 4) is 0 Å². The van der Waals surface area contributed by atoms with Gasteiger partial charge in [0.1, 0.15) is 19.8 Å². The number of rotatable bonds is 27. The maximum absolute atomic E-state index is 13.2. The molecule has 1 amide bonds. The van der Waals surface area contributed by atoms with Crippen molar-refractivity contribution in [1.82, 2.24) is 9.80 Å². The number of nitrogens with zero attached hydrogens (tertiary/aromatic N) is 2. The standard InChI is InChI=1S/C40H68N2O12S/c1-6-30-13-17-32(18-14-30)38(46)51-27-34(25-49-5)53-36(44)11-8-22-42(40(48)55-24-10-21-41(3)4)23-9-12-37(45)54-35(26-50-29-43)28-52-39(47)33-19-15-31(7-2)16-20-33/h29-35H,6-28H2,1-5H3. The second kappa shape index (κ2) is 28.5. The van der Waals surface area contributed by atoms with E-state index in [1.54, 1.807) is 4.90 Å². The van der Waals surface area contributed by atoms with E-state index < -0.39 is 24.1 Å². The Morgan fingerprint density at radius 1 is 0.673 bits per heavy atom. The van der Waals surface area contributed by atoms with Gasteiger partial charge in [0.05, 0.1) is 18.4 Å². The van der Waals surface area contributed by atoms with E-state index in [9.17, 15) is 28.8 Å². The number of esters is 4. The third kappa shape index (κ3) is 20.7. The molecule has 0 N–H and O–H groups in total. The van der Waals surface area contributed by atoms with Crippen LogP contribution in [0.25, 0.3) is 0 Å². The van der Waals surface area contributed by atoms with Crippen LogP contribution < -0.4 is 0 Å². The lowest BCUT2D eigenvalue weighted by Gasteiger charge is -2.27. The Morgan fingerprint density at radius 2 is 1.15 bits per heavy atom. The first-order valence-electron chi connectivity index (χ1n) is 20.3. The molecule has 0 aromatic heterocycles. The van der Waals surface area contributed by atoms with Gasteiger partial charge in [-0.05, 0) is 103 Å². The molecule has 0 spiro atoms. The van der Waals surface area contributed by atoms with Crippen LogP contribution in [0.15, 0.2) is 0 Å². The molecule has 15 heteroatoms. The van der Waals surface area contributed by atoms with Crippen LogP contribution in [0, 0.1) is 23.7 Å². The van der Waals surface area contributed by atoms with E-state index in [0.29, 0.717) is 24.0 Å². The number of carbonyl (C=O) groups excluding carboxylic acids is 6. The van der Waals surface area contributed by atoms with Crippen molar-refractivity contribution in [2.45, 2.75) is 122 Å². The highest BCUT2D eigenvalue weighted by molar-refractivity contribution is 8.13. The van der Waals surface area contributed by atoms with Crippen molar-refractivity contribution in [3.63, 3.8) is 0 Å². The molecular formula is C40H68N2O12S. The minimum absolute atomic E-state index is 0.0266. The molecule has 0 aliphatic heterocycles. The van der Waals surface area contributed by atoms with Gasteiger partial charge >= 0.3 is 23.9 Å². The van der Waals surface area contributed by atoms with Crippen LogP contribution in [0.4, 0.5) is 4.79 Å². The molecule has 0 aromatic carbocycles. The summed E-state index contributed by atoms with van der Waals surface area (Å²) in [7, 11) is 5.42. The quantitative estimate of drug-likeness (QED) is 0.0423. The number of amides is 1. The molecule has 14 nitrogen and oxygen atoms in total. The third-order valence-electron chi connectivity index (χ3n) is 10.5. The molecule has 2 aliphatic carbocycles. The summed E-state index contributed by atoms with van der Waals surface area (Å²) in [5, 5.41) is -0.158. The zero-order valence-corrected chi connectivity index (χ0v) is 34.8. The Bertz CT molecular complexity index is 1140. The number of hydrogen-bond acceptors (Lipinski definition) is 14. The minimum Gasteiger partial charge on any atom is -0.464 e. The molecule has 0 aromatic rings. The van der Waals surface area contributed by atoms with E-state index in [0.717, 1.165) is 77.2 Å². The fraction of sp³-hybridized carbons (Fsp3) is 0.850. The summed E-state index contributed by atoms with van der Waals surface area (Å²) in [4.78, 5) is 78.7. The Balaban J connectivity index is 1.85. The monoisotopic (exact) mass is 800 g/mol. The number of ether oxygens (including phenoxy) is 6. The predicted octanol–water partition coefficient (Wildman–Crippen LogP) is 5.82. The Morgan fingerprint density at radius 3 is 1.56 bits per heavy atom. The summed E-state index contributed by atoms with van der Waals surface area (Å²) in [6, 6.07) is 0. The van der Waals surface area contributed by atoms with Gasteiger partial charge in [0.15, 0.2) is 12.2 Å². The zero-order chi connectivity index (χ0) is 40.4. The number of methoxy groups -OCH3 is 1. The molecule has 55 heavy (non-hydrogen) atoms. The van der Waals surface area contributed by atoms with Crippen LogP contribution in [0.5, 0.6) is 0 Å². The van der Waals surface area contributed by atoms with E-state index in [1.165, 1.54) is 18.9 Å². The van der Waals surface area contributed by atoms with Crippen molar-refractivity contribution in [3.05, 3.63) is 0 Å². The van der Waals surface area contributed by atoms with Crippen molar-refractivity contribution < 1.29 is 57.2 Å². The highest BCUT2D eigenvalue weighted by Gasteiger charge is 2.29. The third-order valence-corrected chi connectivity index (χ3v) is 11.5. The molecule has 2 rings (SSSR count). The smallest absolute Gasteiger partial charge is 0.309 e. The molecule has 316 valence electrons. The van der Waals surface area contributed by atoms with Gasteiger partial charge < -0.3 is 38.2 Å². The average molecular weight is 801 g/mol. The Hall–Kier alpha value is -2.91. The van der Waals surface area contributed by atoms with Crippen molar-refractivity contribution >= 4 is 47.4 Å². The molecule has 2 aliphatic rings. The predicted molar refractivity (Wildman–Crippen MR) is 208 cm³/mol. The van der Waals surface area contributed by atoms with E-state index in [4.69, 9.17) is 28.4 Å². The number of carbonyl (C=O) groups is 6. The number of thioether (sulfide) groups is 1. The van der Waals surface area contributed by atoms with E-state index >= 15 is 0 Å². The van der Waals surface area contributed by atoms with Crippen LogP contribution in [-0.2, 0) is 52.4 Å². The first-order chi connectivity index (χ1) is 26.5. The highest BCUT2D eigenvalue weighted by atomic mass is 32.2. The maximum Gasteiger partial charge on any atom is 0.309 e. The molecule has 2 fully saturated rings. The van der Waals surface area contributed by atoms with Gasteiger partial charge in [-0.1, -0.05) is 38.5 Å². The Labute approximate surface area is 332 Å². The van der Waals surface area contributed by atoms with E-state index in [-0.39, 0.29) is 94.3 Å². The summed E-state index contributed by atoms with van der Waals surface area (Å²) < 4.78 is 32.1. The molecule has 0 saturated heterocycles. The van der Waals surface area contributed by atoms with Gasteiger partial charge in [-0.2, -0.15) is 0 Å². The van der Waals surface area contributed by atoms with E-state index in [1.807, 2.05) is 19.0 Å². The second-order valence-electron chi connectivity index (χ2n) is 15.1. The molecular weight excluding hydrogens is 733 g/mol. The summed E-state index contributed by atoms with van der Waals surface area (Å²) in [5.41, 5.74) is 0. The van der Waals surface area contributed by atoms with E-state index in [2.05, 4.69) is 13.8 Å². The van der Waals surface area contributed by atoms with Crippen molar-refractivity contribution in [2.75, 3.05) is 73.0 Å². The first kappa shape index (κ1) is 48.2. The summed E-state index contributed by atoms with van der Waals surface area (Å²) >= 11 is 1.19. The summed E-state index contributed by atoms with van der Waals surface area (Å²) in [5.74, 6) is -0.0725. The van der Waals surface area contributed by atoms with Crippen LogP contribution in [-0.4, -0.2) is 131 Å². The van der Waals surface area contributed by atoms with Gasteiger partial charge in [0.25, 0.3) is 11.7 Å². The molecule has 2 saturated carbocycles. The first-order valence-corrected chi connectivity index (χ1v) is 21.3. The van der Waals surface area contributed by atoms with Gasteiger partial charge in [-0.3, -0.25) is 28.8 Å². The molecule has 2 atom stereocenters. The molecule has 0 radical (unpaired) electrons. The lowest BCUT2D eigenvalue weighted by molar-refractivity contribution is -0.166. The lowest BCUT2D eigenvalue weighted by atomic mass is 9.81. The van der Waals surface area contributed by atoms with Crippen LogP contribution in [0.3, 0.4) is 0 Å². The fourth-order valence-corrected chi connectivity index (χ4v) is 7.82. The normalized spacial score (nSPS) is 20.8.